The molecule has 32 heavy (non-hydrogen) atoms. The molecule has 0 saturated heterocycles. The molecule has 0 bridgehead atoms. The van der Waals surface area contributed by atoms with Gasteiger partial charge >= 0.3 is 0 Å². The SMILES string of the molecule is CC(C)NC(=O)c1cccc(N(Cc2ccccc2)S(=O)(=O)c2ccc3c(c2)CCO3)c1. The van der Waals surface area contributed by atoms with Gasteiger partial charge in [-0.25, -0.2) is 8.42 Å². The minimum atomic E-state index is -3.89. The van der Waals surface area contributed by atoms with Crippen LogP contribution in [0, 0.1) is 0 Å². The van der Waals surface area contributed by atoms with Crippen molar-refractivity contribution in [1.29, 1.82) is 0 Å². The Labute approximate surface area is 188 Å². The van der Waals surface area contributed by atoms with Crippen LogP contribution in [0.5, 0.6) is 5.75 Å². The van der Waals surface area contributed by atoms with Crippen LogP contribution >= 0.6 is 0 Å². The van der Waals surface area contributed by atoms with Crippen LogP contribution in [0.25, 0.3) is 0 Å². The average Bonchev–Trinajstić information content (AvgIpc) is 3.26. The third kappa shape index (κ3) is 4.62. The van der Waals surface area contributed by atoms with Gasteiger partial charge in [-0.05, 0) is 61.4 Å². The Morgan fingerprint density at radius 2 is 1.81 bits per heavy atom. The second-order valence-electron chi connectivity index (χ2n) is 8.04. The van der Waals surface area contributed by atoms with Gasteiger partial charge in [0, 0.05) is 18.0 Å². The van der Waals surface area contributed by atoms with Gasteiger partial charge < -0.3 is 10.1 Å². The summed E-state index contributed by atoms with van der Waals surface area (Å²) in [6.07, 6.45) is 0.683. The average molecular weight is 451 g/mol. The predicted molar refractivity (Wildman–Crippen MR) is 124 cm³/mol. The fraction of sp³-hybridized carbons (Fsp3) is 0.240. The maximum absolute atomic E-state index is 13.8. The van der Waals surface area contributed by atoms with E-state index in [1.165, 1.54) is 4.31 Å². The Morgan fingerprint density at radius 1 is 1.03 bits per heavy atom. The van der Waals surface area contributed by atoms with Gasteiger partial charge in [-0.15, -0.1) is 0 Å². The zero-order valence-corrected chi connectivity index (χ0v) is 18.9. The van der Waals surface area contributed by atoms with Gasteiger partial charge in [0.15, 0.2) is 0 Å². The first-order valence-corrected chi connectivity index (χ1v) is 12.0. The fourth-order valence-electron chi connectivity index (χ4n) is 3.66. The number of anilines is 1. The lowest BCUT2D eigenvalue weighted by Crippen LogP contribution is -2.32. The van der Waals surface area contributed by atoms with Crippen molar-refractivity contribution in [3.05, 3.63) is 89.5 Å². The molecule has 6 nitrogen and oxygen atoms in total. The third-order valence-corrected chi connectivity index (χ3v) is 7.00. The van der Waals surface area contributed by atoms with Crippen molar-refractivity contribution in [2.45, 2.75) is 37.8 Å². The summed E-state index contributed by atoms with van der Waals surface area (Å²) in [5.74, 6) is 0.486. The molecule has 0 aromatic heterocycles. The largest absolute Gasteiger partial charge is 0.493 e. The number of sulfonamides is 1. The summed E-state index contributed by atoms with van der Waals surface area (Å²) in [6.45, 7) is 4.46. The lowest BCUT2D eigenvalue weighted by molar-refractivity contribution is 0.0943. The summed E-state index contributed by atoms with van der Waals surface area (Å²) < 4.78 is 34.4. The number of carbonyl (C=O) groups excluding carboxylic acids is 1. The summed E-state index contributed by atoms with van der Waals surface area (Å²) in [7, 11) is -3.89. The van der Waals surface area contributed by atoms with Gasteiger partial charge in [0.25, 0.3) is 15.9 Å². The number of amides is 1. The van der Waals surface area contributed by atoms with Crippen molar-refractivity contribution in [2.75, 3.05) is 10.9 Å². The van der Waals surface area contributed by atoms with E-state index in [9.17, 15) is 13.2 Å². The maximum Gasteiger partial charge on any atom is 0.264 e. The lowest BCUT2D eigenvalue weighted by atomic mass is 10.1. The normalized spacial score (nSPS) is 12.8. The zero-order valence-electron chi connectivity index (χ0n) is 18.1. The van der Waals surface area contributed by atoms with Crippen LogP contribution < -0.4 is 14.4 Å². The van der Waals surface area contributed by atoms with Crippen molar-refractivity contribution in [3.8, 4) is 5.75 Å². The van der Waals surface area contributed by atoms with Crippen LogP contribution in [0.2, 0.25) is 0 Å². The van der Waals surface area contributed by atoms with E-state index >= 15 is 0 Å². The van der Waals surface area contributed by atoms with Crippen molar-refractivity contribution in [1.82, 2.24) is 5.32 Å². The van der Waals surface area contributed by atoms with E-state index < -0.39 is 10.0 Å². The Hall–Kier alpha value is -3.32. The molecular formula is C25H26N2O4S. The second kappa shape index (κ2) is 9.04. The van der Waals surface area contributed by atoms with E-state index in [1.807, 2.05) is 44.2 Å². The van der Waals surface area contributed by atoms with Gasteiger partial charge in [-0.2, -0.15) is 0 Å². The molecule has 1 N–H and O–H groups in total. The van der Waals surface area contributed by atoms with Crippen LogP contribution in [0.3, 0.4) is 0 Å². The highest BCUT2D eigenvalue weighted by Crippen LogP contribution is 2.32. The van der Waals surface area contributed by atoms with E-state index in [-0.39, 0.29) is 23.4 Å². The van der Waals surface area contributed by atoms with E-state index in [0.717, 1.165) is 16.9 Å². The molecule has 1 amide bonds. The fourth-order valence-corrected chi connectivity index (χ4v) is 5.16. The predicted octanol–water partition coefficient (Wildman–Crippen LogP) is 4.16. The standard InChI is InChI=1S/C25H26N2O4S/c1-18(2)26-25(28)21-9-6-10-22(15-21)27(17-19-7-4-3-5-8-19)32(29,30)23-11-12-24-20(16-23)13-14-31-24/h3-12,15-16,18H,13-14,17H2,1-2H3,(H,26,28). The summed E-state index contributed by atoms with van der Waals surface area (Å²) in [5, 5.41) is 2.85. The van der Waals surface area contributed by atoms with E-state index in [1.54, 1.807) is 42.5 Å². The molecule has 1 heterocycles. The van der Waals surface area contributed by atoms with Crippen LogP contribution in [0.4, 0.5) is 5.69 Å². The zero-order chi connectivity index (χ0) is 22.7. The Balaban J connectivity index is 1.76. The number of benzene rings is 3. The lowest BCUT2D eigenvalue weighted by Gasteiger charge is -2.25. The number of carbonyl (C=O) groups is 1. The minimum absolute atomic E-state index is 0.0241. The van der Waals surface area contributed by atoms with Gasteiger partial charge in [0.05, 0.1) is 23.7 Å². The first-order valence-electron chi connectivity index (χ1n) is 10.6. The summed E-state index contributed by atoms with van der Waals surface area (Å²) >= 11 is 0. The Morgan fingerprint density at radius 3 is 2.56 bits per heavy atom. The topological polar surface area (TPSA) is 75.7 Å². The van der Waals surface area contributed by atoms with E-state index in [4.69, 9.17) is 4.74 Å². The van der Waals surface area contributed by atoms with Crippen molar-refractivity contribution in [2.24, 2.45) is 0 Å². The number of ether oxygens (including phenoxy) is 1. The highest BCUT2D eigenvalue weighted by molar-refractivity contribution is 7.92. The third-order valence-electron chi connectivity index (χ3n) is 5.23. The molecule has 0 aliphatic carbocycles. The van der Waals surface area contributed by atoms with Gasteiger partial charge in [0.2, 0.25) is 0 Å². The van der Waals surface area contributed by atoms with Gasteiger partial charge in [-0.1, -0.05) is 36.4 Å². The number of rotatable bonds is 7. The molecule has 1 aliphatic heterocycles. The molecule has 0 saturated carbocycles. The molecule has 3 aromatic rings. The maximum atomic E-state index is 13.8. The number of fused-ring (bicyclic) bond motifs is 1. The van der Waals surface area contributed by atoms with E-state index in [0.29, 0.717) is 24.3 Å². The molecule has 0 unspecified atom stereocenters. The molecule has 166 valence electrons. The first kappa shape index (κ1) is 21.9. The van der Waals surface area contributed by atoms with Crippen LogP contribution in [0.15, 0.2) is 77.7 Å². The van der Waals surface area contributed by atoms with Crippen molar-refractivity contribution in [3.63, 3.8) is 0 Å². The minimum Gasteiger partial charge on any atom is -0.493 e. The molecule has 7 heteroatoms. The van der Waals surface area contributed by atoms with Crippen molar-refractivity contribution < 1.29 is 17.9 Å². The summed E-state index contributed by atoms with van der Waals surface area (Å²) in [6, 6.07) is 21.1. The van der Waals surface area contributed by atoms with Crippen molar-refractivity contribution >= 4 is 21.6 Å². The molecule has 4 rings (SSSR count). The van der Waals surface area contributed by atoms with Crippen LogP contribution in [0.1, 0.15) is 35.3 Å². The molecule has 0 fully saturated rings. The van der Waals surface area contributed by atoms with Crippen LogP contribution in [-0.4, -0.2) is 27.0 Å². The number of hydrogen-bond donors (Lipinski definition) is 1. The van der Waals surface area contributed by atoms with Gasteiger partial charge in [0.1, 0.15) is 5.75 Å². The highest BCUT2D eigenvalue weighted by Gasteiger charge is 2.27. The van der Waals surface area contributed by atoms with Crippen LogP contribution in [-0.2, 0) is 23.0 Å². The number of nitrogens with zero attached hydrogens (tertiary/aromatic N) is 1. The van der Waals surface area contributed by atoms with Gasteiger partial charge in [-0.3, -0.25) is 9.10 Å². The molecule has 0 radical (unpaired) electrons. The monoisotopic (exact) mass is 450 g/mol. The molecule has 0 spiro atoms. The highest BCUT2D eigenvalue weighted by atomic mass is 32.2. The summed E-state index contributed by atoms with van der Waals surface area (Å²) in [4.78, 5) is 12.7. The molecule has 1 aliphatic rings. The second-order valence-corrected chi connectivity index (χ2v) is 9.91. The van der Waals surface area contributed by atoms with E-state index in [2.05, 4.69) is 5.32 Å². The molecule has 3 aromatic carbocycles. The number of nitrogens with one attached hydrogen (secondary N) is 1. The smallest absolute Gasteiger partial charge is 0.264 e. The quantitative estimate of drug-likeness (QED) is 0.587. The Kier molecular flexibility index (Phi) is 6.19. The first-order chi connectivity index (χ1) is 15.3. The Bertz CT molecular complexity index is 1220. The molecular weight excluding hydrogens is 424 g/mol. The molecule has 0 atom stereocenters. The summed E-state index contributed by atoms with van der Waals surface area (Å²) in [5.41, 5.74) is 2.57. The number of hydrogen-bond acceptors (Lipinski definition) is 4.